The molecule has 1 aromatic carbocycles. The molecule has 4 aliphatic rings. The molecule has 3 aliphatic heterocycles. The molecule has 2 saturated heterocycles. The Morgan fingerprint density at radius 3 is 2.74 bits per heavy atom. The van der Waals surface area contributed by atoms with Crippen LogP contribution >= 0.6 is 11.8 Å². The third-order valence-corrected chi connectivity index (χ3v) is 9.97. The van der Waals surface area contributed by atoms with E-state index >= 15 is 0 Å². The summed E-state index contributed by atoms with van der Waals surface area (Å²) in [5, 5.41) is 6.34. The SMILES string of the molecule is CSc1cccc(NC(=O)[C@H]2[C@H]3C=C[C@@]4(O3)[C@H]2C(=O)N(CCC(C)C)[C@@H]4C(=O)N[C@@H]2CCC[C@@H](C)[C@@H]2C)c1. The van der Waals surface area contributed by atoms with Gasteiger partial charge in [0, 0.05) is 23.2 Å². The van der Waals surface area contributed by atoms with Crippen molar-refractivity contribution in [3.63, 3.8) is 0 Å². The van der Waals surface area contributed by atoms with Gasteiger partial charge in [0.15, 0.2) is 0 Å². The van der Waals surface area contributed by atoms with Crippen molar-refractivity contribution in [1.29, 1.82) is 0 Å². The molecular weight excluding hydrogens is 498 g/mol. The van der Waals surface area contributed by atoms with Crippen molar-refractivity contribution >= 4 is 35.2 Å². The molecule has 1 aromatic rings. The highest BCUT2D eigenvalue weighted by Gasteiger charge is 2.72. The largest absolute Gasteiger partial charge is 0.359 e. The standard InChI is InChI=1S/C30H41N3O4S/c1-17(2)13-15-33-26(28(35)32-22-11-6-8-18(3)19(22)4)30-14-12-23(37-30)24(25(30)29(33)36)27(34)31-20-9-7-10-21(16-20)38-5/h7,9-10,12,14,16-19,22-26H,6,8,11,13,15H2,1-5H3,(H,31,34)(H,32,35)/t18-,19+,22-,23-,24+,25-,26-,30-/m1/s1. The second-order valence-corrected chi connectivity index (χ2v) is 12.9. The van der Waals surface area contributed by atoms with Gasteiger partial charge < -0.3 is 20.3 Å². The van der Waals surface area contributed by atoms with Crippen molar-refractivity contribution in [2.24, 2.45) is 29.6 Å². The smallest absolute Gasteiger partial charge is 0.246 e. The van der Waals surface area contributed by atoms with Crippen molar-refractivity contribution in [3.05, 3.63) is 36.4 Å². The van der Waals surface area contributed by atoms with Crippen LogP contribution in [0.4, 0.5) is 5.69 Å². The zero-order valence-corrected chi connectivity index (χ0v) is 23.9. The van der Waals surface area contributed by atoms with Crippen LogP contribution in [0.2, 0.25) is 0 Å². The van der Waals surface area contributed by atoms with Crippen molar-refractivity contribution in [1.82, 2.24) is 10.2 Å². The number of carbonyl (C=O) groups is 3. The highest BCUT2D eigenvalue weighted by Crippen LogP contribution is 2.55. The van der Waals surface area contributed by atoms with E-state index in [9.17, 15) is 14.4 Å². The quantitative estimate of drug-likeness (QED) is 0.376. The molecular formula is C30H41N3O4S. The number of nitrogens with one attached hydrogen (secondary N) is 2. The lowest BCUT2D eigenvalue weighted by atomic mass is 9.73. The first kappa shape index (κ1) is 27.3. The minimum absolute atomic E-state index is 0.0779. The lowest BCUT2D eigenvalue weighted by Crippen LogP contribution is -2.58. The van der Waals surface area contributed by atoms with Gasteiger partial charge in [0.2, 0.25) is 17.7 Å². The summed E-state index contributed by atoms with van der Waals surface area (Å²) in [6.07, 6.45) is 9.22. The second-order valence-electron chi connectivity index (χ2n) is 12.0. The van der Waals surface area contributed by atoms with Crippen LogP contribution in [0.5, 0.6) is 0 Å². The van der Waals surface area contributed by atoms with Crippen LogP contribution in [0.25, 0.3) is 0 Å². The van der Waals surface area contributed by atoms with E-state index in [1.165, 1.54) is 6.42 Å². The molecule has 2 N–H and O–H groups in total. The van der Waals surface area contributed by atoms with E-state index in [0.717, 1.165) is 24.2 Å². The number of anilines is 1. The normalized spacial score (nSPS) is 35.6. The average Bonchev–Trinajstić information content (AvgIpc) is 3.52. The Hall–Kier alpha value is -2.32. The Morgan fingerprint density at radius 1 is 1.21 bits per heavy atom. The summed E-state index contributed by atoms with van der Waals surface area (Å²) in [6.45, 7) is 9.14. The number of hydrogen-bond acceptors (Lipinski definition) is 5. The van der Waals surface area contributed by atoms with Crippen molar-refractivity contribution < 1.29 is 19.1 Å². The number of nitrogens with zero attached hydrogens (tertiary/aromatic N) is 1. The van der Waals surface area contributed by atoms with Crippen LogP contribution in [-0.4, -0.2) is 59.2 Å². The Labute approximate surface area is 230 Å². The first-order valence-corrected chi connectivity index (χ1v) is 15.3. The van der Waals surface area contributed by atoms with Crippen molar-refractivity contribution in [3.8, 4) is 0 Å². The van der Waals surface area contributed by atoms with E-state index in [4.69, 9.17) is 4.74 Å². The van der Waals surface area contributed by atoms with Crippen LogP contribution in [-0.2, 0) is 19.1 Å². The molecule has 0 unspecified atom stereocenters. The molecule has 8 heteroatoms. The summed E-state index contributed by atoms with van der Waals surface area (Å²) in [6, 6.07) is 6.98. The molecule has 7 nitrogen and oxygen atoms in total. The Balaban J connectivity index is 1.43. The molecule has 3 heterocycles. The van der Waals surface area contributed by atoms with E-state index in [1.807, 2.05) is 42.7 Å². The first-order valence-electron chi connectivity index (χ1n) is 14.1. The predicted molar refractivity (Wildman–Crippen MR) is 150 cm³/mol. The number of likely N-dealkylation sites (tertiary alicyclic amines) is 1. The van der Waals surface area contributed by atoms with Crippen LogP contribution < -0.4 is 10.6 Å². The fraction of sp³-hybridized carbons (Fsp3) is 0.633. The monoisotopic (exact) mass is 539 g/mol. The van der Waals surface area contributed by atoms with Gasteiger partial charge in [-0.25, -0.2) is 0 Å². The van der Waals surface area contributed by atoms with Gasteiger partial charge >= 0.3 is 0 Å². The minimum Gasteiger partial charge on any atom is -0.359 e. The van der Waals surface area contributed by atoms with Crippen molar-refractivity contribution in [2.45, 2.75) is 82.1 Å². The molecule has 5 rings (SSSR count). The number of fused-ring (bicyclic) bond motifs is 1. The topological polar surface area (TPSA) is 87.7 Å². The van der Waals surface area contributed by atoms with Crippen LogP contribution in [0.15, 0.2) is 41.3 Å². The molecule has 3 amide bonds. The molecule has 38 heavy (non-hydrogen) atoms. The van der Waals surface area contributed by atoms with E-state index < -0.39 is 29.6 Å². The number of ether oxygens (including phenoxy) is 1. The fourth-order valence-corrected chi connectivity index (χ4v) is 7.34. The molecule has 0 aromatic heterocycles. The predicted octanol–water partition coefficient (Wildman–Crippen LogP) is 4.48. The van der Waals surface area contributed by atoms with Gasteiger partial charge in [0.1, 0.15) is 11.6 Å². The van der Waals surface area contributed by atoms with Gasteiger partial charge in [-0.2, -0.15) is 0 Å². The number of hydrogen-bond donors (Lipinski definition) is 2. The van der Waals surface area contributed by atoms with Crippen LogP contribution in [0, 0.1) is 29.6 Å². The van der Waals surface area contributed by atoms with Gasteiger partial charge in [-0.15, -0.1) is 11.8 Å². The van der Waals surface area contributed by atoms with Crippen LogP contribution in [0.3, 0.4) is 0 Å². The van der Waals surface area contributed by atoms with E-state index in [0.29, 0.717) is 30.0 Å². The van der Waals surface area contributed by atoms with Gasteiger partial charge in [-0.05, 0) is 55.1 Å². The molecule has 1 saturated carbocycles. The molecule has 0 radical (unpaired) electrons. The number of thioether (sulfide) groups is 1. The number of carbonyl (C=O) groups excluding carboxylic acids is 3. The third kappa shape index (κ3) is 4.68. The maximum atomic E-state index is 14.0. The molecule has 2 bridgehead atoms. The summed E-state index contributed by atoms with van der Waals surface area (Å²) < 4.78 is 6.48. The number of amides is 3. The van der Waals surface area contributed by atoms with Gasteiger partial charge in [0.25, 0.3) is 0 Å². The summed E-state index contributed by atoms with van der Waals surface area (Å²) in [4.78, 5) is 44.4. The zero-order valence-electron chi connectivity index (χ0n) is 23.1. The highest BCUT2D eigenvalue weighted by atomic mass is 32.2. The van der Waals surface area contributed by atoms with Gasteiger partial charge in [-0.3, -0.25) is 14.4 Å². The third-order valence-electron chi connectivity index (χ3n) is 9.24. The Bertz CT molecular complexity index is 1120. The second kappa shape index (κ2) is 10.7. The van der Waals surface area contributed by atoms with Gasteiger partial charge in [-0.1, -0.05) is 58.8 Å². The highest BCUT2D eigenvalue weighted by molar-refractivity contribution is 7.98. The van der Waals surface area contributed by atoms with Gasteiger partial charge in [0.05, 0.1) is 17.9 Å². The van der Waals surface area contributed by atoms with E-state index in [2.05, 4.69) is 38.3 Å². The lowest BCUT2D eigenvalue weighted by Gasteiger charge is -2.38. The molecule has 206 valence electrons. The fourth-order valence-electron chi connectivity index (χ4n) is 6.88. The van der Waals surface area contributed by atoms with E-state index in [1.54, 1.807) is 16.7 Å². The molecule has 1 spiro atoms. The first-order chi connectivity index (χ1) is 18.2. The summed E-state index contributed by atoms with van der Waals surface area (Å²) >= 11 is 1.60. The average molecular weight is 540 g/mol. The summed E-state index contributed by atoms with van der Waals surface area (Å²) in [7, 11) is 0. The lowest BCUT2D eigenvalue weighted by molar-refractivity contribution is -0.141. The van der Waals surface area contributed by atoms with Crippen molar-refractivity contribution in [2.75, 3.05) is 18.1 Å². The minimum atomic E-state index is -1.12. The molecule has 3 fully saturated rings. The van der Waals surface area contributed by atoms with Crippen LogP contribution in [0.1, 0.15) is 53.4 Å². The maximum absolute atomic E-state index is 14.0. The maximum Gasteiger partial charge on any atom is 0.246 e. The molecule has 8 atom stereocenters. The number of rotatable bonds is 8. The molecule has 1 aliphatic carbocycles. The Kier molecular flexibility index (Phi) is 7.66. The summed E-state index contributed by atoms with van der Waals surface area (Å²) in [5.74, 6) is -0.662. The zero-order chi connectivity index (χ0) is 27.2. The van der Waals surface area contributed by atoms with E-state index in [-0.39, 0.29) is 23.8 Å². The Morgan fingerprint density at radius 2 is 2.00 bits per heavy atom. The number of benzene rings is 1. The summed E-state index contributed by atoms with van der Waals surface area (Å²) in [5.41, 5.74) is -0.422.